The molecule has 7 heteroatoms. The molecule has 0 aromatic rings. The maximum atomic E-state index is 6.34. The van der Waals surface area contributed by atoms with Gasteiger partial charge in [0.1, 0.15) is 0 Å². The zero-order valence-corrected chi connectivity index (χ0v) is 18.1. The molecule has 0 saturated carbocycles. The molecule has 0 rings (SSSR count). The monoisotopic (exact) mass is 410 g/mol. The summed E-state index contributed by atoms with van der Waals surface area (Å²) in [5.74, 6) is 0. The molecule has 0 saturated heterocycles. The predicted octanol–water partition coefficient (Wildman–Crippen LogP) is 6.94. The minimum atomic E-state index is -2.45. The molecule has 0 spiro atoms. The van der Waals surface area contributed by atoms with Crippen LogP contribution in [0.4, 0.5) is 0 Å². The van der Waals surface area contributed by atoms with Crippen molar-refractivity contribution in [1.82, 2.24) is 0 Å². The summed E-state index contributed by atoms with van der Waals surface area (Å²) in [4.78, 5) is 0. The maximum absolute atomic E-state index is 6.34. The summed E-state index contributed by atoms with van der Waals surface area (Å²) in [6.07, 6.45) is 0. The van der Waals surface area contributed by atoms with Crippen LogP contribution in [0.15, 0.2) is 36.8 Å². The largest absolute Gasteiger partial charge is 0.433 e. The summed E-state index contributed by atoms with van der Waals surface area (Å²) in [7, 11) is -8.51. The van der Waals surface area contributed by atoms with Crippen molar-refractivity contribution in [2.24, 2.45) is 0 Å². The summed E-state index contributed by atoms with van der Waals surface area (Å²) in [5.41, 5.74) is 5.69. The Labute approximate surface area is 158 Å². The van der Waals surface area contributed by atoms with Gasteiger partial charge in [0.2, 0.25) is 0 Å². The summed E-state index contributed by atoms with van der Waals surface area (Å²) < 4.78 is 18.9. The van der Waals surface area contributed by atoms with E-state index in [9.17, 15) is 0 Å². The highest BCUT2D eigenvalue weighted by molar-refractivity contribution is 6.93. The summed E-state index contributed by atoms with van der Waals surface area (Å²) in [6, 6.07) is 0. The van der Waals surface area contributed by atoms with Gasteiger partial charge in [0, 0.05) is 0 Å². The molecule has 0 aromatic carbocycles. The molecule has 1 unspecified atom stereocenters. The fourth-order valence-corrected chi connectivity index (χ4v) is 17.4. The van der Waals surface area contributed by atoms with Crippen LogP contribution in [0.1, 0.15) is 29.7 Å². The van der Waals surface area contributed by atoms with Gasteiger partial charge in [-0.2, -0.15) is 0 Å². The van der Waals surface area contributed by atoms with E-state index >= 15 is 0 Å². The van der Waals surface area contributed by atoms with Gasteiger partial charge in [0.05, 0.1) is 0 Å². The van der Waals surface area contributed by atoms with Crippen molar-refractivity contribution in [3.05, 3.63) is 36.8 Å². The van der Waals surface area contributed by atoms with Gasteiger partial charge >= 0.3 is 17.1 Å². The average molecular weight is 411 g/mol. The highest BCUT2D eigenvalue weighted by atomic mass is 28.5. The Kier molecular flexibility index (Phi) is 18.1. The van der Waals surface area contributed by atoms with Gasteiger partial charge < -0.3 is 12.3 Å². The van der Waals surface area contributed by atoms with Crippen molar-refractivity contribution in [1.29, 1.82) is 0 Å². The van der Waals surface area contributed by atoms with Gasteiger partial charge in [-0.25, -0.2) is 0 Å². The van der Waals surface area contributed by atoms with Crippen molar-refractivity contribution < 1.29 is 12.3 Å². The first-order valence-electron chi connectivity index (χ1n) is 6.82. The molecule has 0 amide bonds. The molecule has 1 atom stereocenters. The first-order valence-corrected chi connectivity index (χ1v) is 18.0. The Balaban J connectivity index is -0.000000301. The van der Waals surface area contributed by atoms with Crippen LogP contribution in [-0.2, 0) is 12.3 Å². The number of hydrogen-bond donors (Lipinski definition) is 0. The Morgan fingerprint density at radius 3 is 1.17 bits per heavy atom. The minimum Gasteiger partial charge on any atom is -0.433 e. The number of rotatable bonds is 9. The van der Waals surface area contributed by atoms with Crippen molar-refractivity contribution in [2.45, 2.75) is 75.5 Å². The van der Waals surface area contributed by atoms with E-state index in [0.29, 0.717) is 0 Å². The van der Waals surface area contributed by atoms with Crippen molar-refractivity contribution in [3.8, 4) is 0 Å². The second-order valence-corrected chi connectivity index (χ2v) is 21.5. The molecule has 0 aliphatic rings. The number of hydrogen-bond acceptors (Lipinski definition) is 3. The van der Waals surface area contributed by atoms with Crippen molar-refractivity contribution in [2.75, 3.05) is 0 Å². The van der Waals surface area contributed by atoms with Crippen LogP contribution in [-0.4, -0.2) is 33.8 Å². The smallest absolute Gasteiger partial charge is 0.342 e. The predicted molar refractivity (Wildman–Crippen MR) is 125 cm³/mol. The van der Waals surface area contributed by atoms with E-state index in [1.807, 2.05) is 23.6 Å². The van der Waals surface area contributed by atoms with E-state index in [2.05, 4.69) is 59.0 Å². The average Bonchev–Trinajstić information content (AvgIpc) is 2.26. The molecule has 0 bridgehead atoms. The topological polar surface area (TPSA) is 27.7 Å². The van der Waals surface area contributed by atoms with Crippen LogP contribution < -0.4 is 0 Å². The SMILES string of the molecule is C.C.C.C.C=C[Si](C)(C)O[Si](C)(C)O[Si](C)(C=C)O[Si](C)(C)C=C. The van der Waals surface area contributed by atoms with Crippen molar-refractivity contribution >= 4 is 33.8 Å². The third-order valence-corrected chi connectivity index (χ3v) is 16.9. The molecule has 0 N–H and O–H groups in total. The van der Waals surface area contributed by atoms with Crippen LogP contribution in [0.5, 0.6) is 0 Å². The molecule has 0 heterocycles. The maximum Gasteiger partial charge on any atom is 0.342 e. The fourth-order valence-electron chi connectivity index (χ4n) is 1.85. The van der Waals surface area contributed by atoms with Crippen molar-refractivity contribution in [3.63, 3.8) is 0 Å². The quantitative estimate of drug-likeness (QED) is 0.385. The first-order chi connectivity index (χ1) is 8.80. The molecule has 148 valence electrons. The lowest BCUT2D eigenvalue weighted by Crippen LogP contribution is -2.56. The first kappa shape index (κ1) is 35.1. The molecule has 0 aliphatic heterocycles. The van der Waals surface area contributed by atoms with Crippen LogP contribution in [0, 0.1) is 0 Å². The van der Waals surface area contributed by atoms with E-state index in [4.69, 9.17) is 12.3 Å². The van der Waals surface area contributed by atoms with E-state index in [1.165, 1.54) is 0 Å². The third kappa shape index (κ3) is 13.3. The van der Waals surface area contributed by atoms with Crippen LogP contribution in [0.3, 0.4) is 0 Å². The van der Waals surface area contributed by atoms with Crippen LogP contribution in [0.2, 0.25) is 45.8 Å². The second-order valence-electron chi connectivity index (χ2n) is 6.54. The molecule has 0 aromatic heterocycles. The lowest BCUT2D eigenvalue weighted by molar-refractivity contribution is 0.338. The Morgan fingerprint density at radius 1 is 0.542 bits per heavy atom. The van der Waals surface area contributed by atoms with Gasteiger partial charge in [-0.15, -0.1) is 19.7 Å². The minimum absolute atomic E-state index is 0. The molecular weight excluding hydrogens is 365 g/mol. The standard InChI is InChI=1S/C13H30O3Si4.4CH4/c1-11-17(4,5)14-19(8,9)16-20(10,13-3)15-18(6,7)12-2;;;;/h11-13H,1-3H2,4-10H3;4*1H4. The summed E-state index contributed by atoms with van der Waals surface area (Å²) >= 11 is 0. The highest BCUT2D eigenvalue weighted by Crippen LogP contribution is 2.25. The third-order valence-electron chi connectivity index (χ3n) is 2.78. The second kappa shape index (κ2) is 12.3. The van der Waals surface area contributed by atoms with Gasteiger partial charge in [-0.3, -0.25) is 0 Å². The Bertz CT molecular complexity index is 382. The lowest BCUT2D eigenvalue weighted by atomic mass is 11.3. The van der Waals surface area contributed by atoms with E-state index in [1.54, 1.807) is 0 Å². The van der Waals surface area contributed by atoms with E-state index in [-0.39, 0.29) is 29.7 Å². The zero-order valence-electron chi connectivity index (χ0n) is 14.1. The fraction of sp³-hybridized carbons (Fsp3) is 0.647. The zero-order chi connectivity index (χ0) is 16.2. The van der Waals surface area contributed by atoms with Gasteiger partial charge in [0.25, 0.3) is 0 Å². The van der Waals surface area contributed by atoms with Crippen LogP contribution >= 0.6 is 0 Å². The molecule has 0 fully saturated rings. The molecule has 0 radical (unpaired) electrons. The van der Waals surface area contributed by atoms with Gasteiger partial charge in [-0.1, -0.05) is 46.8 Å². The lowest BCUT2D eigenvalue weighted by Gasteiger charge is -2.39. The molecular formula is C17H46O3Si4. The van der Waals surface area contributed by atoms with Gasteiger partial charge in [0.15, 0.2) is 16.6 Å². The normalized spacial score (nSPS) is 13.6. The van der Waals surface area contributed by atoms with Gasteiger partial charge in [-0.05, 0) is 45.8 Å². The summed E-state index contributed by atoms with van der Waals surface area (Å²) in [5, 5.41) is 0. The molecule has 24 heavy (non-hydrogen) atoms. The Hall–Kier alpha value is -0.0325. The van der Waals surface area contributed by atoms with E-state index < -0.39 is 33.8 Å². The Morgan fingerprint density at radius 2 is 0.875 bits per heavy atom. The highest BCUT2D eigenvalue weighted by Gasteiger charge is 2.43. The molecule has 0 aliphatic carbocycles. The van der Waals surface area contributed by atoms with E-state index in [0.717, 1.165) is 0 Å². The summed E-state index contributed by atoms with van der Waals surface area (Å²) in [6.45, 7) is 26.2. The molecule has 3 nitrogen and oxygen atoms in total. The van der Waals surface area contributed by atoms with Crippen LogP contribution in [0.25, 0.3) is 0 Å².